The maximum Gasteiger partial charge on any atom is 0.0933 e. The van der Waals surface area contributed by atoms with Crippen LogP contribution in [0.15, 0.2) is 0 Å². The number of hydrogen-bond donors (Lipinski definition) is 2. The van der Waals surface area contributed by atoms with Crippen LogP contribution >= 0.6 is 0 Å². The Kier molecular flexibility index (Phi) is 6.33. The molecule has 0 aliphatic carbocycles. The van der Waals surface area contributed by atoms with Crippen LogP contribution in [0.3, 0.4) is 0 Å². The smallest absolute Gasteiger partial charge is 0.0933 e. The minimum Gasteiger partial charge on any atom is -0.390 e. The van der Waals surface area contributed by atoms with Crippen LogP contribution in [-0.4, -0.2) is 88.0 Å². The molecule has 0 aromatic heterocycles. The topological polar surface area (TPSA) is 63.2 Å². The van der Waals surface area contributed by atoms with Gasteiger partial charge in [-0.1, -0.05) is 0 Å². The van der Waals surface area contributed by atoms with Gasteiger partial charge in [-0.15, -0.1) is 0 Å². The summed E-state index contributed by atoms with van der Waals surface area (Å²) in [6, 6.07) is 0. The largest absolute Gasteiger partial charge is 0.390 e. The van der Waals surface area contributed by atoms with Crippen LogP contribution in [0.4, 0.5) is 0 Å². The maximum absolute atomic E-state index is 9.91. The van der Waals surface area contributed by atoms with E-state index in [2.05, 4.69) is 10.2 Å². The van der Waals surface area contributed by atoms with Gasteiger partial charge in [-0.3, -0.25) is 4.90 Å². The van der Waals surface area contributed by atoms with Crippen molar-refractivity contribution in [2.75, 3.05) is 65.8 Å². The number of β-amino-alcohol motifs (C(OH)–C–C–N with tert-alkyl or cyclic N) is 1. The van der Waals surface area contributed by atoms with Crippen LogP contribution in [0.2, 0.25) is 0 Å². The van der Waals surface area contributed by atoms with Crippen LogP contribution in [0.25, 0.3) is 0 Å². The third kappa shape index (κ3) is 5.17. The molecule has 0 aromatic rings. The molecule has 2 heterocycles. The van der Waals surface area contributed by atoms with Crippen LogP contribution in [0.1, 0.15) is 0 Å². The number of nitrogens with one attached hydrogen (secondary N) is 1. The Labute approximate surface area is 108 Å². The summed E-state index contributed by atoms with van der Waals surface area (Å²) in [4.78, 5) is 2.23. The number of rotatable bonds is 6. The quantitative estimate of drug-likeness (QED) is 0.618. The number of nitrogens with zero attached hydrogens (tertiary/aromatic N) is 1. The number of morpholine rings is 1. The van der Waals surface area contributed by atoms with E-state index in [0.29, 0.717) is 32.9 Å². The third-order valence-corrected chi connectivity index (χ3v) is 3.21. The molecule has 6 heteroatoms. The van der Waals surface area contributed by atoms with E-state index < -0.39 is 0 Å². The lowest BCUT2D eigenvalue weighted by Crippen LogP contribution is -2.45. The van der Waals surface area contributed by atoms with Gasteiger partial charge in [0, 0.05) is 32.7 Å². The van der Waals surface area contributed by atoms with Crippen molar-refractivity contribution < 1.29 is 19.3 Å². The van der Waals surface area contributed by atoms with Gasteiger partial charge in [0.25, 0.3) is 0 Å². The summed E-state index contributed by atoms with van der Waals surface area (Å²) < 4.78 is 16.1. The van der Waals surface area contributed by atoms with Crippen molar-refractivity contribution in [2.24, 2.45) is 0 Å². The highest BCUT2D eigenvalue weighted by Gasteiger charge is 2.16. The van der Waals surface area contributed by atoms with Crippen molar-refractivity contribution in [3.63, 3.8) is 0 Å². The lowest BCUT2D eigenvalue weighted by atomic mass is 10.3. The zero-order chi connectivity index (χ0) is 12.6. The number of hydrogen-bond acceptors (Lipinski definition) is 6. The second-order valence-corrected chi connectivity index (χ2v) is 4.79. The lowest BCUT2D eigenvalue weighted by molar-refractivity contribution is -0.0869. The fourth-order valence-electron chi connectivity index (χ4n) is 2.21. The summed E-state index contributed by atoms with van der Waals surface area (Å²) in [6.45, 7) is 7.41. The monoisotopic (exact) mass is 260 g/mol. The maximum atomic E-state index is 9.91. The Hall–Kier alpha value is -0.240. The van der Waals surface area contributed by atoms with E-state index in [-0.39, 0.29) is 12.2 Å². The van der Waals surface area contributed by atoms with Crippen LogP contribution in [0.5, 0.6) is 0 Å². The molecule has 2 N–H and O–H groups in total. The molecule has 2 saturated heterocycles. The minimum atomic E-state index is -0.340. The van der Waals surface area contributed by atoms with E-state index in [1.54, 1.807) is 0 Å². The minimum absolute atomic E-state index is 0.120. The van der Waals surface area contributed by atoms with Gasteiger partial charge in [0.1, 0.15) is 0 Å². The van der Waals surface area contributed by atoms with Crippen molar-refractivity contribution in [1.82, 2.24) is 10.2 Å². The summed E-state index contributed by atoms with van der Waals surface area (Å²) in [5.74, 6) is 0. The van der Waals surface area contributed by atoms with Crippen LogP contribution in [0, 0.1) is 0 Å². The standard InChI is InChI=1S/C12H24N2O4/c15-11(9-14-1-3-16-4-2-14)7-13-8-12-10-17-5-6-18-12/h11-13,15H,1-10H2. The van der Waals surface area contributed by atoms with E-state index in [1.165, 1.54) is 0 Å². The zero-order valence-corrected chi connectivity index (χ0v) is 10.8. The Morgan fingerprint density at radius 1 is 1.17 bits per heavy atom. The predicted molar refractivity (Wildman–Crippen MR) is 66.7 cm³/mol. The molecule has 0 amide bonds. The first-order valence-corrected chi connectivity index (χ1v) is 6.73. The summed E-state index contributed by atoms with van der Waals surface area (Å²) in [6.07, 6.45) is -0.220. The Morgan fingerprint density at radius 2 is 2.00 bits per heavy atom. The molecule has 2 fully saturated rings. The van der Waals surface area contributed by atoms with Gasteiger partial charge < -0.3 is 24.6 Å². The highest BCUT2D eigenvalue weighted by molar-refractivity contribution is 4.71. The molecule has 2 aliphatic rings. The normalized spacial score (nSPS) is 28.2. The van der Waals surface area contributed by atoms with E-state index in [0.717, 1.165) is 32.8 Å². The van der Waals surface area contributed by atoms with E-state index in [1.807, 2.05) is 0 Å². The van der Waals surface area contributed by atoms with Gasteiger partial charge in [-0.25, -0.2) is 0 Å². The van der Waals surface area contributed by atoms with Crippen molar-refractivity contribution in [2.45, 2.75) is 12.2 Å². The van der Waals surface area contributed by atoms with Crippen molar-refractivity contribution >= 4 is 0 Å². The highest BCUT2D eigenvalue weighted by Crippen LogP contribution is 2.00. The summed E-state index contributed by atoms with van der Waals surface area (Å²) >= 11 is 0. The SMILES string of the molecule is OC(CNCC1COCCO1)CN1CCOCC1. The number of ether oxygens (including phenoxy) is 3. The molecule has 6 nitrogen and oxygen atoms in total. The van der Waals surface area contributed by atoms with E-state index in [4.69, 9.17) is 14.2 Å². The van der Waals surface area contributed by atoms with Crippen molar-refractivity contribution in [1.29, 1.82) is 0 Å². The Bertz CT molecular complexity index is 218. The van der Waals surface area contributed by atoms with Gasteiger partial charge >= 0.3 is 0 Å². The highest BCUT2D eigenvalue weighted by atomic mass is 16.6. The summed E-state index contributed by atoms with van der Waals surface area (Å²) in [7, 11) is 0. The predicted octanol–water partition coefficient (Wildman–Crippen LogP) is -1.32. The van der Waals surface area contributed by atoms with Crippen molar-refractivity contribution in [3.8, 4) is 0 Å². The molecule has 2 rings (SSSR count). The molecule has 106 valence electrons. The average molecular weight is 260 g/mol. The molecule has 0 saturated carbocycles. The summed E-state index contributed by atoms with van der Waals surface area (Å²) in [5.41, 5.74) is 0. The van der Waals surface area contributed by atoms with Gasteiger partial charge in [-0.05, 0) is 0 Å². The molecular weight excluding hydrogens is 236 g/mol. The van der Waals surface area contributed by atoms with E-state index >= 15 is 0 Å². The van der Waals surface area contributed by atoms with Gasteiger partial charge in [0.15, 0.2) is 0 Å². The fraction of sp³-hybridized carbons (Fsp3) is 1.00. The van der Waals surface area contributed by atoms with Crippen molar-refractivity contribution in [3.05, 3.63) is 0 Å². The first kappa shape index (κ1) is 14.2. The lowest BCUT2D eigenvalue weighted by Gasteiger charge is -2.29. The molecular formula is C12H24N2O4. The summed E-state index contributed by atoms with van der Waals surface area (Å²) in [5, 5.41) is 13.1. The van der Waals surface area contributed by atoms with Gasteiger partial charge in [0.05, 0.1) is 45.2 Å². The van der Waals surface area contributed by atoms with Gasteiger partial charge in [0.2, 0.25) is 0 Å². The second-order valence-electron chi connectivity index (χ2n) is 4.79. The average Bonchev–Trinajstić information content (AvgIpc) is 2.41. The molecule has 0 aromatic carbocycles. The number of aliphatic hydroxyl groups excluding tert-OH is 1. The Morgan fingerprint density at radius 3 is 2.72 bits per heavy atom. The van der Waals surface area contributed by atoms with E-state index in [9.17, 15) is 5.11 Å². The van der Waals surface area contributed by atoms with Gasteiger partial charge in [-0.2, -0.15) is 0 Å². The molecule has 2 aliphatic heterocycles. The molecule has 18 heavy (non-hydrogen) atoms. The molecule has 2 unspecified atom stereocenters. The third-order valence-electron chi connectivity index (χ3n) is 3.21. The molecule has 0 radical (unpaired) electrons. The van der Waals surface area contributed by atoms with Crippen LogP contribution < -0.4 is 5.32 Å². The first-order valence-electron chi connectivity index (χ1n) is 6.73. The first-order chi connectivity index (χ1) is 8.84. The molecule has 0 spiro atoms. The van der Waals surface area contributed by atoms with Crippen LogP contribution in [-0.2, 0) is 14.2 Å². The zero-order valence-electron chi connectivity index (χ0n) is 10.8. The molecule has 0 bridgehead atoms. The number of aliphatic hydroxyl groups is 1. The Balaban J connectivity index is 1.52. The molecule has 2 atom stereocenters. The fourth-order valence-corrected chi connectivity index (χ4v) is 2.21. The second kappa shape index (κ2) is 8.04.